The molecular formula is C15H30N2. The van der Waals surface area contributed by atoms with E-state index in [1.165, 1.54) is 25.7 Å². The van der Waals surface area contributed by atoms with Gasteiger partial charge in [0.15, 0.2) is 6.19 Å². The lowest BCUT2D eigenvalue weighted by atomic mass is 10.1. The summed E-state index contributed by atoms with van der Waals surface area (Å²) in [5.41, 5.74) is 0. The molecule has 0 spiro atoms. The van der Waals surface area contributed by atoms with Crippen molar-refractivity contribution >= 4 is 0 Å². The Bertz CT molecular complexity index is 187. The molecule has 17 heavy (non-hydrogen) atoms. The van der Waals surface area contributed by atoms with Crippen LogP contribution in [0.4, 0.5) is 0 Å². The monoisotopic (exact) mass is 238 g/mol. The number of unbranched alkanes of at least 4 members (excludes halogenated alkanes) is 2. The van der Waals surface area contributed by atoms with Crippen molar-refractivity contribution in [2.45, 2.75) is 66.2 Å². The summed E-state index contributed by atoms with van der Waals surface area (Å²) in [6.07, 6.45) is 9.71. The quantitative estimate of drug-likeness (QED) is 0.320. The normalized spacial score (nSPS) is 10.9. The molecule has 0 aliphatic carbocycles. The van der Waals surface area contributed by atoms with Gasteiger partial charge in [0.2, 0.25) is 0 Å². The second-order valence-electron chi connectivity index (χ2n) is 5.87. The van der Waals surface area contributed by atoms with Crippen molar-refractivity contribution in [2.75, 3.05) is 13.1 Å². The molecule has 0 radical (unpaired) electrons. The summed E-state index contributed by atoms with van der Waals surface area (Å²) >= 11 is 0. The van der Waals surface area contributed by atoms with Gasteiger partial charge in [-0.2, -0.15) is 5.26 Å². The lowest BCUT2D eigenvalue weighted by Gasteiger charge is -2.16. The molecule has 0 amide bonds. The first-order valence-electron chi connectivity index (χ1n) is 7.21. The van der Waals surface area contributed by atoms with Crippen LogP contribution in [0.1, 0.15) is 66.2 Å². The summed E-state index contributed by atoms with van der Waals surface area (Å²) in [5.74, 6) is 1.58. The Labute approximate surface area is 108 Å². The molecule has 0 unspecified atom stereocenters. The number of nitrogens with zero attached hydrogens (tertiary/aromatic N) is 2. The van der Waals surface area contributed by atoms with Gasteiger partial charge in [-0.05, 0) is 24.7 Å². The Kier molecular flexibility index (Phi) is 10.0. The third-order valence-corrected chi connectivity index (χ3v) is 3.06. The van der Waals surface area contributed by atoms with E-state index in [9.17, 15) is 0 Å². The van der Waals surface area contributed by atoms with Crippen molar-refractivity contribution in [3.05, 3.63) is 0 Å². The SMILES string of the molecule is CC(C)CCCCN(C#N)CCCCC(C)C. The largest absolute Gasteiger partial charge is 0.311 e. The minimum Gasteiger partial charge on any atom is -0.311 e. The van der Waals surface area contributed by atoms with Crippen LogP contribution in [0.2, 0.25) is 0 Å². The first-order chi connectivity index (χ1) is 8.06. The average molecular weight is 238 g/mol. The minimum absolute atomic E-state index is 0.788. The van der Waals surface area contributed by atoms with Crippen LogP contribution in [0.15, 0.2) is 0 Å². The smallest absolute Gasteiger partial charge is 0.179 e. The van der Waals surface area contributed by atoms with Crippen LogP contribution < -0.4 is 0 Å². The van der Waals surface area contributed by atoms with Gasteiger partial charge in [0, 0.05) is 13.1 Å². The highest BCUT2D eigenvalue weighted by atomic mass is 15.1. The fraction of sp³-hybridized carbons (Fsp3) is 0.933. The van der Waals surface area contributed by atoms with Crippen molar-refractivity contribution in [3.8, 4) is 6.19 Å². The molecule has 0 aromatic rings. The fourth-order valence-corrected chi connectivity index (χ4v) is 1.92. The Hall–Kier alpha value is -0.710. The van der Waals surface area contributed by atoms with Gasteiger partial charge in [-0.25, -0.2) is 0 Å². The summed E-state index contributed by atoms with van der Waals surface area (Å²) in [6, 6.07) is 0. The average Bonchev–Trinajstić information content (AvgIpc) is 2.26. The fourth-order valence-electron chi connectivity index (χ4n) is 1.92. The van der Waals surface area contributed by atoms with Crippen LogP contribution in [-0.2, 0) is 0 Å². The van der Waals surface area contributed by atoms with Crippen molar-refractivity contribution in [1.82, 2.24) is 4.90 Å². The van der Waals surface area contributed by atoms with Crippen LogP contribution in [-0.4, -0.2) is 18.0 Å². The second kappa shape index (κ2) is 10.4. The first kappa shape index (κ1) is 16.3. The van der Waals surface area contributed by atoms with Crippen LogP contribution in [0.5, 0.6) is 0 Å². The molecule has 0 aliphatic heterocycles. The standard InChI is InChI=1S/C15H30N2/c1-14(2)9-5-7-11-17(13-16)12-8-6-10-15(3)4/h14-15H,5-12H2,1-4H3. The van der Waals surface area contributed by atoms with Crippen LogP contribution in [0, 0.1) is 23.3 Å². The third kappa shape index (κ3) is 11.6. The molecule has 2 heteroatoms. The van der Waals surface area contributed by atoms with E-state index in [1.54, 1.807) is 0 Å². The van der Waals surface area contributed by atoms with Gasteiger partial charge in [0.05, 0.1) is 0 Å². The molecule has 0 bridgehead atoms. The van der Waals surface area contributed by atoms with Crippen molar-refractivity contribution in [3.63, 3.8) is 0 Å². The van der Waals surface area contributed by atoms with Crippen LogP contribution in [0.3, 0.4) is 0 Å². The molecule has 0 atom stereocenters. The first-order valence-corrected chi connectivity index (χ1v) is 7.21. The minimum atomic E-state index is 0.788. The van der Waals surface area contributed by atoms with E-state index in [1.807, 2.05) is 4.90 Å². The molecule has 0 aromatic heterocycles. The van der Waals surface area contributed by atoms with Crippen molar-refractivity contribution in [2.24, 2.45) is 11.8 Å². The van der Waals surface area contributed by atoms with E-state index < -0.39 is 0 Å². The van der Waals surface area contributed by atoms with Gasteiger partial charge >= 0.3 is 0 Å². The molecule has 2 nitrogen and oxygen atoms in total. The number of rotatable bonds is 10. The molecule has 0 aliphatic rings. The number of hydrogen-bond acceptors (Lipinski definition) is 2. The van der Waals surface area contributed by atoms with E-state index in [-0.39, 0.29) is 0 Å². The van der Waals surface area contributed by atoms with E-state index in [0.717, 1.165) is 37.8 Å². The van der Waals surface area contributed by atoms with Gasteiger partial charge in [-0.1, -0.05) is 53.4 Å². The molecular weight excluding hydrogens is 208 g/mol. The predicted octanol–water partition coefficient (Wildman–Crippen LogP) is 4.42. The molecule has 0 fully saturated rings. The lowest BCUT2D eigenvalue weighted by molar-refractivity contribution is 0.355. The second-order valence-corrected chi connectivity index (χ2v) is 5.87. The Balaban J connectivity index is 3.47. The summed E-state index contributed by atoms with van der Waals surface area (Å²) in [4.78, 5) is 1.93. The Morgan fingerprint density at radius 1 is 0.824 bits per heavy atom. The molecule has 0 aromatic carbocycles. The van der Waals surface area contributed by atoms with Crippen LogP contribution in [0.25, 0.3) is 0 Å². The zero-order chi connectivity index (χ0) is 13.1. The van der Waals surface area contributed by atoms with Crippen molar-refractivity contribution < 1.29 is 0 Å². The number of hydrogen-bond donors (Lipinski definition) is 0. The summed E-state index contributed by atoms with van der Waals surface area (Å²) in [7, 11) is 0. The van der Waals surface area contributed by atoms with E-state index in [0.29, 0.717) is 0 Å². The summed E-state index contributed by atoms with van der Waals surface area (Å²) in [5, 5.41) is 9.02. The maximum Gasteiger partial charge on any atom is 0.179 e. The molecule has 0 rings (SSSR count). The van der Waals surface area contributed by atoms with Gasteiger partial charge in [-0.15, -0.1) is 0 Å². The molecule has 0 heterocycles. The van der Waals surface area contributed by atoms with Gasteiger partial charge in [-0.3, -0.25) is 0 Å². The lowest BCUT2D eigenvalue weighted by Crippen LogP contribution is -2.20. The highest BCUT2D eigenvalue weighted by Crippen LogP contribution is 2.09. The van der Waals surface area contributed by atoms with E-state index in [4.69, 9.17) is 5.26 Å². The molecule has 0 saturated heterocycles. The Morgan fingerprint density at radius 2 is 1.24 bits per heavy atom. The summed E-state index contributed by atoms with van der Waals surface area (Å²) in [6.45, 7) is 10.9. The van der Waals surface area contributed by atoms with E-state index in [2.05, 4.69) is 33.9 Å². The summed E-state index contributed by atoms with van der Waals surface area (Å²) < 4.78 is 0. The number of nitriles is 1. The maximum atomic E-state index is 9.02. The van der Waals surface area contributed by atoms with Gasteiger partial charge in [0.1, 0.15) is 0 Å². The highest BCUT2D eigenvalue weighted by Gasteiger charge is 2.02. The zero-order valence-corrected chi connectivity index (χ0v) is 12.2. The third-order valence-electron chi connectivity index (χ3n) is 3.06. The molecule has 0 N–H and O–H groups in total. The molecule has 0 saturated carbocycles. The zero-order valence-electron chi connectivity index (χ0n) is 12.2. The maximum absolute atomic E-state index is 9.02. The van der Waals surface area contributed by atoms with Crippen LogP contribution >= 0.6 is 0 Å². The highest BCUT2D eigenvalue weighted by molar-refractivity contribution is 4.73. The van der Waals surface area contributed by atoms with E-state index >= 15 is 0 Å². The van der Waals surface area contributed by atoms with Gasteiger partial charge < -0.3 is 4.90 Å². The van der Waals surface area contributed by atoms with Gasteiger partial charge in [0.25, 0.3) is 0 Å². The topological polar surface area (TPSA) is 27.0 Å². The van der Waals surface area contributed by atoms with Crippen molar-refractivity contribution in [1.29, 1.82) is 5.26 Å². The Morgan fingerprint density at radius 3 is 1.53 bits per heavy atom. The molecule has 100 valence electrons. The predicted molar refractivity (Wildman–Crippen MR) is 74.6 cm³/mol.